The highest BCUT2D eigenvalue weighted by molar-refractivity contribution is 7.89. The minimum absolute atomic E-state index is 0.0821. The zero-order chi connectivity index (χ0) is 23.6. The fourth-order valence-corrected chi connectivity index (χ4v) is 6.30. The number of aromatic nitrogens is 2. The van der Waals surface area contributed by atoms with Crippen LogP contribution in [-0.2, 0) is 14.8 Å². The van der Waals surface area contributed by atoms with E-state index < -0.39 is 21.4 Å². The van der Waals surface area contributed by atoms with Crippen molar-refractivity contribution in [1.82, 2.24) is 14.1 Å². The Balaban J connectivity index is 1.42. The minimum atomic E-state index is -3.75. The summed E-state index contributed by atoms with van der Waals surface area (Å²) in [7, 11) is -3.75. The molecule has 1 N–H and O–H groups in total. The lowest BCUT2D eigenvalue weighted by atomic mass is 10.0. The lowest BCUT2D eigenvalue weighted by Crippen LogP contribution is -2.41. The van der Waals surface area contributed by atoms with Gasteiger partial charge in [-0.15, -0.1) is 0 Å². The third-order valence-electron chi connectivity index (χ3n) is 6.30. The van der Waals surface area contributed by atoms with Crippen LogP contribution in [0.5, 0.6) is 0 Å². The van der Waals surface area contributed by atoms with Gasteiger partial charge in [0.05, 0.1) is 29.4 Å². The second-order valence-corrected chi connectivity index (χ2v) is 10.9. The van der Waals surface area contributed by atoms with Crippen LogP contribution in [0, 0.1) is 18.7 Å². The maximum absolute atomic E-state index is 13.4. The van der Waals surface area contributed by atoms with E-state index in [1.807, 2.05) is 0 Å². The van der Waals surface area contributed by atoms with Gasteiger partial charge < -0.3 is 10.1 Å². The van der Waals surface area contributed by atoms with Gasteiger partial charge in [-0.05, 0) is 62.3 Å². The van der Waals surface area contributed by atoms with E-state index in [4.69, 9.17) is 16.3 Å². The Morgan fingerprint density at radius 2 is 2.03 bits per heavy atom. The van der Waals surface area contributed by atoms with Crippen LogP contribution in [0.3, 0.4) is 0 Å². The fraction of sp³-hybridized carbons (Fsp3) is 0.545. The molecule has 2 saturated heterocycles. The SMILES string of the molecule is Cc1cc(F)ccc1S(=O)(=O)N1CCC(n2ncc(NC[C@H]3CCCOC3)c(Cl)c2=O)CC1. The first-order valence-electron chi connectivity index (χ1n) is 11.1. The molecule has 8 nitrogen and oxygen atoms in total. The standard InChI is InChI=1S/C22H28ClFN4O4S/c1-15-11-17(24)4-5-20(15)33(30,31)27-8-6-18(7-9-27)28-22(29)21(23)19(13-26-28)25-12-16-3-2-10-32-14-16/h4-5,11,13,16,18,25H,2-3,6-10,12,14H2,1H3/t16-/m1/s1. The van der Waals surface area contributed by atoms with E-state index in [1.54, 1.807) is 13.1 Å². The number of anilines is 1. The van der Waals surface area contributed by atoms with Gasteiger partial charge in [0.2, 0.25) is 10.0 Å². The molecule has 1 aromatic carbocycles. The summed E-state index contributed by atoms with van der Waals surface area (Å²) in [6, 6.07) is 3.40. The van der Waals surface area contributed by atoms with Crippen molar-refractivity contribution in [3.05, 3.63) is 51.2 Å². The molecule has 33 heavy (non-hydrogen) atoms. The Morgan fingerprint density at radius 3 is 2.70 bits per heavy atom. The van der Waals surface area contributed by atoms with Crippen LogP contribution in [0.15, 0.2) is 34.1 Å². The summed E-state index contributed by atoms with van der Waals surface area (Å²) in [5, 5.41) is 7.60. The maximum atomic E-state index is 13.4. The first kappa shape index (κ1) is 24.1. The third-order valence-corrected chi connectivity index (χ3v) is 8.73. The van der Waals surface area contributed by atoms with Crippen molar-refractivity contribution in [2.24, 2.45) is 5.92 Å². The molecule has 3 heterocycles. The number of halogens is 2. The molecule has 0 bridgehead atoms. The van der Waals surface area contributed by atoms with Crippen LogP contribution >= 0.6 is 11.6 Å². The molecule has 0 amide bonds. The number of sulfonamides is 1. The van der Waals surface area contributed by atoms with Gasteiger partial charge in [-0.1, -0.05) is 11.6 Å². The molecule has 2 fully saturated rings. The van der Waals surface area contributed by atoms with Gasteiger partial charge in [0.15, 0.2) is 0 Å². The first-order valence-corrected chi connectivity index (χ1v) is 12.9. The average Bonchev–Trinajstić information content (AvgIpc) is 2.80. The Hall–Kier alpha value is -2.01. The van der Waals surface area contributed by atoms with Gasteiger partial charge >= 0.3 is 0 Å². The van der Waals surface area contributed by atoms with Crippen molar-refractivity contribution in [3.63, 3.8) is 0 Å². The summed E-state index contributed by atoms with van der Waals surface area (Å²) >= 11 is 6.34. The monoisotopic (exact) mass is 498 g/mol. The number of hydrogen-bond donors (Lipinski definition) is 1. The Morgan fingerprint density at radius 1 is 1.27 bits per heavy atom. The topological polar surface area (TPSA) is 93.5 Å². The molecule has 0 spiro atoms. The second-order valence-electron chi connectivity index (χ2n) is 8.63. The molecule has 2 aliphatic heterocycles. The van der Waals surface area contributed by atoms with Gasteiger partial charge in [-0.2, -0.15) is 9.40 Å². The first-order chi connectivity index (χ1) is 15.8. The van der Waals surface area contributed by atoms with Gasteiger partial charge in [0.1, 0.15) is 10.8 Å². The molecule has 0 unspecified atom stereocenters. The van der Waals surface area contributed by atoms with Gasteiger partial charge in [0, 0.05) is 26.2 Å². The molecule has 0 radical (unpaired) electrons. The molecule has 11 heteroatoms. The number of benzene rings is 1. The second kappa shape index (κ2) is 10.1. The molecule has 2 aromatic rings. The normalized spacial score (nSPS) is 20.6. The van der Waals surface area contributed by atoms with E-state index in [0.29, 0.717) is 43.2 Å². The van der Waals surface area contributed by atoms with Gasteiger partial charge in [-0.25, -0.2) is 17.5 Å². The third kappa shape index (κ3) is 5.24. The molecular weight excluding hydrogens is 471 g/mol. The van der Waals surface area contributed by atoms with Crippen LogP contribution in [0.4, 0.5) is 10.1 Å². The minimum Gasteiger partial charge on any atom is -0.382 e. The van der Waals surface area contributed by atoms with E-state index in [9.17, 15) is 17.6 Å². The molecule has 1 aromatic heterocycles. The smallest absolute Gasteiger partial charge is 0.287 e. The lowest BCUT2D eigenvalue weighted by Gasteiger charge is -2.32. The van der Waals surface area contributed by atoms with Crippen LogP contribution in [0.2, 0.25) is 5.02 Å². The zero-order valence-corrected chi connectivity index (χ0v) is 20.0. The van der Waals surface area contributed by atoms with Crippen LogP contribution in [-0.4, -0.2) is 55.4 Å². The number of aryl methyl sites for hydroxylation is 1. The lowest BCUT2D eigenvalue weighted by molar-refractivity contribution is 0.0595. The van der Waals surface area contributed by atoms with Gasteiger partial charge in [0.25, 0.3) is 5.56 Å². The molecule has 1 atom stereocenters. The number of rotatable bonds is 6. The summed E-state index contributed by atoms with van der Waals surface area (Å²) in [6.07, 6.45) is 4.49. The number of nitrogens with zero attached hydrogens (tertiary/aromatic N) is 3. The number of nitrogens with one attached hydrogen (secondary N) is 1. The van der Waals surface area contributed by atoms with Crippen molar-refractivity contribution in [2.75, 3.05) is 38.2 Å². The van der Waals surface area contributed by atoms with Crippen molar-refractivity contribution < 1.29 is 17.5 Å². The van der Waals surface area contributed by atoms with E-state index >= 15 is 0 Å². The predicted molar refractivity (Wildman–Crippen MR) is 124 cm³/mol. The Labute approximate surface area is 197 Å². The van der Waals surface area contributed by atoms with Gasteiger partial charge in [-0.3, -0.25) is 4.79 Å². The highest BCUT2D eigenvalue weighted by Crippen LogP contribution is 2.28. The summed E-state index contributed by atoms with van der Waals surface area (Å²) in [5.41, 5.74) is 0.470. The maximum Gasteiger partial charge on any atom is 0.287 e. The van der Waals surface area contributed by atoms with Crippen LogP contribution in [0.25, 0.3) is 0 Å². The summed E-state index contributed by atoms with van der Waals surface area (Å²) in [6.45, 7) is 4.18. The molecule has 4 rings (SSSR count). The molecular formula is C22H28ClFN4O4S. The summed E-state index contributed by atoms with van der Waals surface area (Å²) in [5.74, 6) is -0.106. The highest BCUT2D eigenvalue weighted by atomic mass is 35.5. The van der Waals surface area contributed by atoms with Crippen molar-refractivity contribution in [1.29, 1.82) is 0 Å². The van der Waals surface area contributed by atoms with E-state index in [2.05, 4.69) is 10.4 Å². The molecule has 180 valence electrons. The molecule has 0 saturated carbocycles. The van der Waals surface area contributed by atoms with E-state index in [-0.39, 0.29) is 29.0 Å². The number of hydrogen-bond acceptors (Lipinski definition) is 6. The summed E-state index contributed by atoms with van der Waals surface area (Å²) < 4.78 is 47.6. The predicted octanol–water partition coefficient (Wildman–Crippen LogP) is 3.21. The highest BCUT2D eigenvalue weighted by Gasteiger charge is 2.32. The Bertz CT molecular complexity index is 1160. The fourth-order valence-electron chi connectivity index (χ4n) is 4.42. The largest absolute Gasteiger partial charge is 0.382 e. The van der Waals surface area contributed by atoms with Crippen molar-refractivity contribution in [3.8, 4) is 0 Å². The van der Waals surface area contributed by atoms with Crippen LogP contribution < -0.4 is 10.9 Å². The quantitative estimate of drug-likeness (QED) is 0.657. The molecule has 0 aliphatic carbocycles. The number of piperidine rings is 1. The zero-order valence-electron chi connectivity index (χ0n) is 18.5. The van der Waals surface area contributed by atoms with Crippen molar-refractivity contribution in [2.45, 2.75) is 43.5 Å². The number of ether oxygens (including phenoxy) is 1. The van der Waals surface area contributed by atoms with E-state index in [0.717, 1.165) is 25.5 Å². The van der Waals surface area contributed by atoms with Crippen molar-refractivity contribution >= 4 is 27.3 Å². The van der Waals surface area contributed by atoms with E-state index in [1.165, 1.54) is 21.1 Å². The van der Waals surface area contributed by atoms with Crippen LogP contribution in [0.1, 0.15) is 37.3 Å². The Kier molecular flexibility index (Phi) is 7.37. The summed E-state index contributed by atoms with van der Waals surface area (Å²) in [4.78, 5) is 12.9. The average molecular weight is 499 g/mol. The molecule has 2 aliphatic rings.